The van der Waals surface area contributed by atoms with Crippen LogP contribution in [-0.2, 0) is 22.6 Å². The lowest BCUT2D eigenvalue weighted by Crippen LogP contribution is -2.27. The number of ether oxygens (including phenoxy) is 2. The van der Waals surface area contributed by atoms with Crippen molar-refractivity contribution in [2.24, 2.45) is 0 Å². The van der Waals surface area contributed by atoms with Crippen LogP contribution in [0.3, 0.4) is 0 Å². The van der Waals surface area contributed by atoms with Crippen molar-refractivity contribution in [3.8, 4) is 5.75 Å². The highest BCUT2D eigenvalue weighted by Gasteiger charge is 2.26. The van der Waals surface area contributed by atoms with Gasteiger partial charge >= 0.3 is 5.97 Å². The van der Waals surface area contributed by atoms with Gasteiger partial charge in [-0.25, -0.2) is 4.79 Å². The first-order valence-electron chi connectivity index (χ1n) is 11.0. The Kier molecular flexibility index (Phi) is 6.85. The number of carbonyl (C=O) groups is 2. The predicted octanol–water partition coefficient (Wildman–Crippen LogP) is 4.64. The van der Waals surface area contributed by atoms with Crippen molar-refractivity contribution in [3.63, 3.8) is 0 Å². The summed E-state index contributed by atoms with van der Waals surface area (Å²) in [7, 11) is 0. The quantitative estimate of drug-likeness (QED) is 0.556. The number of hydrogen-bond acceptors (Lipinski definition) is 4. The van der Waals surface area contributed by atoms with E-state index in [1.807, 2.05) is 48.5 Å². The number of esters is 1. The van der Waals surface area contributed by atoms with Gasteiger partial charge in [0.15, 0.2) is 0 Å². The molecule has 1 aliphatic heterocycles. The second-order valence-electron chi connectivity index (χ2n) is 7.80. The van der Waals surface area contributed by atoms with Gasteiger partial charge in [0, 0.05) is 24.4 Å². The standard InChI is InChI=1S/C27H27NO4/c1-2-31-27(30)20-13-11-19(12-14-20)15-16-28-26(29)17-24-22-8-4-3-7-21(22)18-32-25-10-6-5-9-23(24)25/h3-14,24H,2,15-18H2,1H3,(H,28,29). The smallest absolute Gasteiger partial charge is 0.338 e. The average Bonchev–Trinajstić information content (AvgIpc) is 2.97. The Bertz CT molecular complexity index is 1040. The molecule has 1 aliphatic rings. The van der Waals surface area contributed by atoms with Crippen molar-refractivity contribution < 1.29 is 19.1 Å². The van der Waals surface area contributed by atoms with E-state index < -0.39 is 0 Å². The van der Waals surface area contributed by atoms with Crippen LogP contribution >= 0.6 is 0 Å². The Hall–Kier alpha value is -3.60. The molecule has 32 heavy (non-hydrogen) atoms. The maximum atomic E-state index is 12.8. The van der Waals surface area contributed by atoms with E-state index in [0.29, 0.717) is 38.2 Å². The topological polar surface area (TPSA) is 64.6 Å². The minimum Gasteiger partial charge on any atom is -0.489 e. The monoisotopic (exact) mass is 429 g/mol. The number of nitrogens with one attached hydrogen (secondary N) is 1. The van der Waals surface area contributed by atoms with E-state index in [4.69, 9.17) is 9.47 Å². The Morgan fingerprint density at radius 2 is 1.69 bits per heavy atom. The van der Waals surface area contributed by atoms with E-state index in [1.54, 1.807) is 19.1 Å². The summed E-state index contributed by atoms with van der Waals surface area (Å²) in [5.41, 5.74) is 4.89. The maximum absolute atomic E-state index is 12.8. The molecule has 3 aromatic carbocycles. The molecule has 0 saturated carbocycles. The molecule has 0 spiro atoms. The van der Waals surface area contributed by atoms with Crippen molar-refractivity contribution in [2.45, 2.75) is 32.3 Å². The summed E-state index contributed by atoms with van der Waals surface area (Å²) in [6.07, 6.45) is 1.05. The van der Waals surface area contributed by atoms with Crippen molar-refractivity contribution >= 4 is 11.9 Å². The Morgan fingerprint density at radius 1 is 0.969 bits per heavy atom. The number of carbonyl (C=O) groups excluding carboxylic acids is 2. The van der Waals surface area contributed by atoms with Crippen LogP contribution in [0.5, 0.6) is 5.75 Å². The van der Waals surface area contributed by atoms with Crippen LogP contribution in [0.25, 0.3) is 0 Å². The minimum absolute atomic E-state index is 0.00431. The molecule has 1 heterocycles. The van der Waals surface area contributed by atoms with E-state index in [0.717, 1.165) is 28.0 Å². The molecule has 1 N–H and O–H groups in total. The van der Waals surface area contributed by atoms with Gasteiger partial charge in [-0.2, -0.15) is 0 Å². The molecular weight excluding hydrogens is 402 g/mol. The highest BCUT2D eigenvalue weighted by molar-refractivity contribution is 5.89. The molecule has 1 atom stereocenters. The summed E-state index contributed by atoms with van der Waals surface area (Å²) < 4.78 is 11.0. The van der Waals surface area contributed by atoms with Crippen LogP contribution in [0, 0.1) is 0 Å². The van der Waals surface area contributed by atoms with E-state index in [9.17, 15) is 9.59 Å². The zero-order chi connectivity index (χ0) is 22.3. The van der Waals surface area contributed by atoms with Crippen LogP contribution in [0.15, 0.2) is 72.8 Å². The summed E-state index contributed by atoms with van der Waals surface area (Å²) in [4.78, 5) is 24.6. The fourth-order valence-corrected chi connectivity index (χ4v) is 4.07. The van der Waals surface area contributed by atoms with Gasteiger partial charge in [0.05, 0.1) is 12.2 Å². The third-order valence-corrected chi connectivity index (χ3v) is 5.70. The first kappa shape index (κ1) is 21.6. The van der Waals surface area contributed by atoms with Crippen LogP contribution in [0.2, 0.25) is 0 Å². The molecule has 5 nitrogen and oxygen atoms in total. The van der Waals surface area contributed by atoms with Crippen LogP contribution < -0.4 is 10.1 Å². The molecule has 1 amide bonds. The largest absolute Gasteiger partial charge is 0.489 e. The zero-order valence-electron chi connectivity index (χ0n) is 18.2. The van der Waals surface area contributed by atoms with Gasteiger partial charge in [0.1, 0.15) is 12.4 Å². The van der Waals surface area contributed by atoms with Gasteiger partial charge in [-0.15, -0.1) is 0 Å². The first-order chi connectivity index (χ1) is 15.7. The molecule has 4 rings (SSSR count). The number of amides is 1. The average molecular weight is 430 g/mol. The molecule has 0 fully saturated rings. The van der Waals surface area contributed by atoms with E-state index in [2.05, 4.69) is 17.4 Å². The maximum Gasteiger partial charge on any atom is 0.338 e. The number of rotatable bonds is 7. The predicted molar refractivity (Wildman–Crippen MR) is 123 cm³/mol. The summed E-state index contributed by atoms with van der Waals surface area (Å²) in [5.74, 6) is 0.474. The molecule has 3 aromatic rings. The Labute approximate surface area is 188 Å². The van der Waals surface area contributed by atoms with Gasteiger partial charge in [0.25, 0.3) is 0 Å². The molecule has 0 radical (unpaired) electrons. The van der Waals surface area contributed by atoms with Gasteiger partial charge in [0.2, 0.25) is 5.91 Å². The van der Waals surface area contributed by atoms with Gasteiger partial charge < -0.3 is 14.8 Å². The lowest BCUT2D eigenvalue weighted by atomic mass is 9.86. The summed E-state index contributed by atoms with van der Waals surface area (Å²) in [6.45, 7) is 3.18. The Morgan fingerprint density at radius 3 is 2.47 bits per heavy atom. The molecule has 1 unspecified atom stereocenters. The number of benzene rings is 3. The molecule has 5 heteroatoms. The van der Waals surface area contributed by atoms with Crippen LogP contribution in [-0.4, -0.2) is 25.0 Å². The molecule has 0 bridgehead atoms. The van der Waals surface area contributed by atoms with Gasteiger partial charge in [-0.1, -0.05) is 54.6 Å². The lowest BCUT2D eigenvalue weighted by molar-refractivity contribution is -0.121. The third kappa shape index (κ3) is 4.99. The molecule has 0 saturated heterocycles. The van der Waals surface area contributed by atoms with E-state index >= 15 is 0 Å². The molecular formula is C27H27NO4. The molecule has 164 valence electrons. The highest BCUT2D eigenvalue weighted by Crippen LogP contribution is 2.39. The van der Waals surface area contributed by atoms with Crippen LogP contribution in [0.1, 0.15) is 51.9 Å². The summed E-state index contributed by atoms with van der Waals surface area (Å²) >= 11 is 0. The lowest BCUT2D eigenvalue weighted by Gasteiger charge is -2.18. The van der Waals surface area contributed by atoms with E-state index in [1.165, 1.54) is 0 Å². The number of fused-ring (bicyclic) bond motifs is 2. The van der Waals surface area contributed by atoms with Gasteiger partial charge in [-0.05, 0) is 48.2 Å². The fourth-order valence-electron chi connectivity index (χ4n) is 4.07. The summed E-state index contributed by atoms with van der Waals surface area (Å²) in [5, 5.41) is 3.05. The highest BCUT2D eigenvalue weighted by atomic mass is 16.5. The molecule has 0 aliphatic carbocycles. The van der Waals surface area contributed by atoms with Crippen LogP contribution in [0.4, 0.5) is 0 Å². The Balaban J connectivity index is 1.39. The van der Waals surface area contributed by atoms with Crippen molar-refractivity contribution in [1.29, 1.82) is 0 Å². The minimum atomic E-state index is -0.319. The normalized spacial score (nSPS) is 14.3. The first-order valence-corrected chi connectivity index (χ1v) is 11.0. The molecule has 0 aromatic heterocycles. The second kappa shape index (κ2) is 10.1. The number of para-hydroxylation sites is 1. The SMILES string of the molecule is CCOC(=O)c1ccc(CCNC(=O)CC2c3ccccc3COc3ccccc32)cc1. The summed E-state index contributed by atoms with van der Waals surface area (Å²) in [6, 6.07) is 23.4. The fraction of sp³-hybridized carbons (Fsp3) is 0.259. The van der Waals surface area contributed by atoms with Crippen molar-refractivity contribution in [1.82, 2.24) is 5.32 Å². The zero-order valence-corrected chi connectivity index (χ0v) is 18.2. The third-order valence-electron chi connectivity index (χ3n) is 5.70. The van der Waals surface area contributed by atoms with Gasteiger partial charge in [-0.3, -0.25) is 4.79 Å². The van der Waals surface area contributed by atoms with Crippen molar-refractivity contribution in [3.05, 3.63) is 101 Å². The van der Waals surface area contributed by atoms with Crippen molar-refractivity contribution in [2.75, 3.05) is 13.2 Å². The number of hydrogen-bond donors (Lipinski definition) is 1. The van der Waals surface area contributed by atoms with E-state index in [-0.39, 0.29) is 17.8 Å². The second-order valence-corrected chi connectivity index (χ2v) is 7.80.